The summed E-state index contributed by atoms with van der Waals surface area (Å²) in [6.45, 7) is 1.76. The molecular formula is C18H24N2. The Morgan fingerprint density at radius 3 is 2.65 bits per heavy atom. The topological polar surface area (TPSA) is 38.0 Å². The van der Waals surface area contributed by atoms with E-state index in [0.717, 1.165) is 32.4 Å². The van der Waals surface area contributed by atoms with Gasteiger partial charge in [-0.15, -0.1) is 0 Å². The van der Waals surface area contributed by atoms with Gasteiger partial charge in [0.2, 0.25) is 0 Å². The second-order valence-corrected chi connectivity index (χ2v) is 5.10. The zero-order valence-corrected chi connectivity index (χ0v) is 12.2. The Balaban J connectivity index is 2.26. The first kappa shape index (κ1) is 14.8. The van der Waals surface area contributed by atoms with Crippen molar-refractivity contribution in [1.29, 1.82) is 0 Å². The fourth-order valence-electron chi connectivity index (χ4n) is 2.48. The van der Waals surface area contributed by atoms with Crippen molar-refractivity contribution in [3.05, 3.63) is 59.7 Å². The Labute approximate surface area is 122 Å². The molecule has 0 amide bonds. The number of likely N-dealkylation sites (N-methyl/N-ethyl adjacent to an activating group) is 1. The lowest BCUT2D eigenvalue weighted by molar-refractivity contribution is 0.792. The van der Waals surface area contributed by atoms with Crippen molar-refractivity contribution in [2.45, 2.75) is 19.3 Å². The minimum Gasteiger partial charge on any atom is -0.330 e. The summed E-state index contributed by atoms with van der Waals surface area (Å²) in [6.07, 6.45) is 3.15. The van der Waals surface area contributed by atoms with E-state index in [4.69, 9.17) is 5.73 Å². The van der Waals surface area contributed by atoms with Gasteiger partial charge in [-0.3, -0.25) is 0 Å². The molecule has 0 heterocycles. The number of aryl methyl sites for hydroxylation is 1. The lowest BCUT2D eigenvalue weighted by Crippen LogP contribution is -2.10. The van der Waals surface area contributed by atoms with Crippen LogP contribution in [0.4, 0.5) is 0 Å². The summed E-state index contributed by atoms with van der Waals surface area (Å²) in [6, 6.07) is 17.5. The van der Waals surface area contributed by atoms with Crippen LogP contribution in [0.5, 0.6) is 0 Å². The van der Waals surface area contributed by atoms with Crippen molar-refractivity contribution >= 4 is 0 Å². The van der Waals surface area contributed by atoms with Gasteiger partial charge in [0.25, 0.3) is 0 Å². The normalized spacial score (nSPS) is 10.7. The van der Waals surface area contributed by atoms with E-state index in [9.17, 15) is 0 Å². The lowest BCUT2D eigenvalue weighted by Gasteiger charge is -2.11. The molecule has 0 atom stereocenters. The Hall–Kier alpha value is -1.64. The van der Waals surface area contributed by atoms with Crippen LogP contribution < -0.4 is 11.1 Å². The minimum atomic E-state index is 0.747. The van der Waals surface area contributed by atoms with E-state index in [1.54, 1.807) is 0 Å². The maximum Gasteiger partial charge on any atom is -0.00114 e. The summed E-state index contributed by atoms with van der Waals surface area (Å²) >= 11 is 0. The summed E-state index contributed by atoms with van der Waals surface area (Å²) in [5.74, 6) is 0. The molecule has 2 aromatic carbocycles. The van der Waals surface area contributed by atoms with Gasteiger partial charge in [0.1, 0.15) is 0 Å². The minimum absolute atomic E-state index is 0.747. The molecule has 0 saturated carbocycles. The van der Waals surface area contributed by atoms with Crippen LogP contribution in [-0.2, 0) is 12.8 Å². The highest BCUT2D eigenvalue weighted by atomic mass is 14.8. The van der Waals surface area contributed by atoms with Gasteiger partial charge in [-0.05, 0) is 61.7 Å². The van der Waals surface area contributed by atoms with Crippen LogP contribution >= 0.6 is 0 Å². The first-order valence-electron chi connectivity index (χ1n) is 7.37. The molecule has 0 radical (unpaired) electrons. The standard InChI is InChI=1S/C18H24N2/c1-20-13-11-15-6-4-8-17(14-15)18-10-3-2-7-16(18)9-5-12-19/h2-4,6-8,10,14,20H,5,9,11-13,19H2,1H3. The molecule has 2 aromatic rings. The Morgan fingerprint density at radius 1 is 1.00 bits per heavy atom. The highest BCUT2D eigenvalue weighted by Gasteiger charge is 2.05. The quantitative estimate of drug-likeness (QED) is 0.810. The second-order valence-electron chi connectivity index (χ2n) is 5.10. The molecule has 0 aromatic heterocycles. The predicted octanol–water partition coefficient (Wildman–Crippen LogP) is 3.01. The highest BCUT2D eigenvalue weighted by molar-refractivity contribution is 5.68. The molecule has 0 saturated heterocycles. The molecule has 0 aliphatic heterocycles. The fraction of sp³-hybridized carbons (Fsp3) is 0.333. The van der Waals surface area contributed by atoms with Crippen molar-refractivity contribution in [1.82, 2.24) is 5.32 Å². The number of nitrogens with one attached hydrogen (secondary N) is 1. The molecule has 0 bridgehead atoms. The van der Waals surface area contributed by atoms with E-state index in [-0.39, 0.29) is 0 Å². The molecule has 2 heteroatoms. The van der Waals surface area contributed by atoms with Gasteiger partial charge in [-0.25, -0.2) is 0 Å². The largest absolute Gasteiger partial charge is 0.330 e. The number of hydrogen-bond donors (Lipinski definition) is 2. The molecule has 0 aliphatic rings. The lowest BCUT2D eigenvalue weighted by atomic mass is 9.95. The van der Waals surface area contributed by atoms with E-state index < -0.39 is 0 Å². The molecule has 0 fully saturated rings. The highest BCUT2D eigenvalue weighted by Crippen LogP contribution is 2.25. The van der Waals surface area contributed by atoms with Crippen LogP contribution in [0.3, 0.4) is 0 Å². The number of hydrogen-bond acceptors (Lipinski definition) is 2. The van der Waals surface area contributed by atoms with Crippen LogP contribution in [0.25, 0.3) is 11.1 Å². The van der Waals surface area contributed by atoms with Gasteiger partial charge in [-0.1, -0.05) is 48.5 Å². The third-order valence-corrected chi connectivity index (χ3v) is 3.57. The van der Waals surface area contributed by atoms with Crippen LogP contribution in [0, 0.1) is 0 Å². The third kappa shape index (κ3) is 3.92. The zero-order valence-electron chi connectivity index (χ0n) is 12.2. The molecule has 0 spiro atoms. The summed E-state index contributed by atoms with van der Waals surface area (Å²) in [7, 11) is 1.99. The maximum atomic E-state index is 5.64. The Bertz CT molecular complexity index is 534. The van der Waals surface area contributed by atoms with Gasteiger partial charge >= 0.3 is 0 Å². The monoisotopic (exact) mass is 268 g/mol. The number of nitrogens with two attached hydrogens (primary N) is 1. The van der Waals surface area contributed by atoms with Crippen molar-refractivity contribution < 1.29 is 0 Å². The van der Waals surface area contributed by atoms with Crippen LogP contribution in [0.2, 0.25) is 0 Å². The smallest absolute Gasteiger partial charge is 0.00114 e. The van der Waals surface area contributed by atoms with Gasteiger partial charge in [0.05, 0.1) is 0 Å². The number of rotatable bonds is 7. The molecule has 2 rings (SSSR count). The Morgan fingerprint density at radius 2 is 1.85 bits per heavy atom. The number of benzene rings is 2. The summed E-state index contributed by atoms with van der Waals surface area (Å²) in [5, 5.41) is 3.20. The van der Waals surface area contributed by atoms with E-state index >= 15 is 0 Å². The SMILES string of the molecule is CNCCc1cccc(-c2ccccc2CCCN)c1. The maximum absolute atomic E-state index is 5.64. The third-order valence-electron chi connectivity index (χ3n) is 3.57. The van der Waals surface area contributed by atoms with E-state index in [1.165, 1.54) is 22.3 Å². The second kappa shape index (κ2) is 7.83. The van der Waals surface area contributed by atoms with Gasteiger partial charge in [0, 0.05) is 0 Å². The van der Waals surface area contributed by atoms with E-state index in [1.807, 2.05) is 7.05 Å². The van der Waals surface area contributed by atoms with Crippen molar-refractivity contribution in [2.24, 2.45) is 5.73 Å². The van der Waals surface area contributed by atoms with E-state index in [2.05, 4.69) is 53.8 Å². The predicted molar refractivity (Wildman–Crippen MR) is 86.9 cm³/mol. The zero-order chi connectivity index (χ0) is 14.2. The molecular weight excluding hydrogens is 244 g/mol. The molecule has 3 N–H and O–H groups in total. The molecule has 0 aliphatic carbocycles. The van der Waals surface area contributed by atoms with E-state index in [0.29, 0.717) is 0 Å². The van der Waals surface area contributed by atoms with Gasteiger partial charge in [-0.2, -0.15) is 0 Å². The first-order chi connectivity index (χ1) is 9.85. The molecule has 2 nitrogen and oxygen atoms in total. The Kier molecular flexibility index (Phi) is 5.78. The van der Waals surface area contributed by atoms with Crippen molar-refractivity contribution in [3.8, 4) is 11.1 Å². The summed E-state index contributed by atoms with van der Waals surface area (Å²) in [4.78, 5) is 0. The van der Waals surface area contributed by atoms with Gasteiger partial charge in [0.15, 0.2) is 0 Å². The first-order valence-corrected chi connectivity index (χ1v) is 7.37. The summed E-state index contributed by atoms with van der Waals surface area (Å²) < 4.78 is 0. The van der Waals surface area contributed by atoms with Crippen LogP contribution in [0.15, 0.2) is 48.5 Å². The van der Waals surface area contributed by atoms with Crippen LogP contribution in [-0.4, -0.2) is 20.1 Å². The van der Waals surface area contributed by atoms with Crippen molar-refractivity contribution in [2.75, 3.05) is 20.1 Å². The molecule has 0 unspecified atom stereocenters. The fourth-order valence-corrected chi connectivity index (χ4v) is 2.48. The summed E-state index contributed by atoms with van der Waals surface area (Å²) in [5.41, 5.74) is 11.1. The van der Waals surface area contributed by atoms with Crippen molar-refractivity contribution in [3.63, 3.8) is 0 Å². The van der Waals surface area contributed by atoms with Crippen LogP contribution in [0.1, 0.15) is 17.5 Å². The van der Waals surface area contributed by atoms with Gasteiger partial charge < -0.3 is 11.1 Å². The molecule has 20 heavy (non-hydrogen) atoms. The average molecular weight is 268 g/mol. The molecule has 106 valence electrons. The average Bonchev–Trinajstić information content (AvgIpc) is 2.51.